The summed E-state index contributed by atoms with van der Waals surface area (Å²) >= 11 is 0. The lowest BCUT2D eigenvalue weighted by Crippen LogP contribution is -2.45. The summed E-state index contributed by atoms with van der Waals surface area (Å²) in [4.78, 5) is 11.7. The van der Waals surface area contributed by atoms with Gasteiger partial charge in [-0.2, -0.15) is 9.52 Å². The highest BCUT2D eigenvalue weighted by Gasteiger charge is 2.35. The third-order valence-corrected chi connectivity index (χ3v) is 5.22. The van der Waals surface area contributed by atoms with Gasteiger partial charge in [-0.15, -0.1) is 0 Å². The minimum atomic E-state index is -3.62. The van der Waals surface area contributed by atoms with Crippen molar-refractivity contribution in [2.45, 2.75) is 31.7 Å². The number of sulfonamides is 1. The van der Waals surface area contributed by atoms with Crippen LogP contribution in [-0.4, -0.2) is 43.9 Å². The molecule has 0 N–H and O–H groups in total. The molecule has 1 unspecified atom stereocenters. The number of hydrazone groups is 1. The van der Waals surface area contributed by atoms with Crippen molar-refractivity contribution in [2.75, 3.05) is 12.9 Å². The molecule has 2 rings (SSSR count). The molecule has 120 valence electrons. The third kappa shape index (κ3) is 4.07. The number of hydrogen-bond acceptors (Lipinski definition) is 5. The fourth-order valence-corrected chi connectivity index (χ4v) is 3.85. The summed E-state index contributed by atoms with van der Waals surface area (Å²) in [6.45, 7) is 0. The average Bonchev–Trinajstić information content (AvgIpc) is 2.55. The van der Waals surface area contributed by atoms with Gasteiger partial charge >= 0.3 is 5.97 Å². The van der Waals surface area contributed by atoms with Gasteiger partial charge in [-0.05, 0) is 31.2 Å². The van der Waals surface area contributed by atoms with Gasteiger partial charge in [0.15, 0.2) is 6.04 Å². The van der Waals surface area contributed by atoms with Crippen LogP contribution in [0, 0.1) is 0 Å². The summed E-state index contributed by atoms with van der Waals surface area (Å²) in [5, 5.41) is 3.90. The van der Waals surface area contributed by atoms with E-state index in [-0.39, 0.29) is 5.75 Å². The van der Waals surface area contributed by atoms with Crippen LogP contribution in [0.4, 0.5) is 0 Å². The van der Waals surface area contributed by atoms with Crippen LogP contribution in [0.15, 0.2) is 35.4 Å². The topological polar surface area (TPSA) is 76.0 Å². The van der Waals surface area contributed by atoms with E-state index < -0.39 is 22.0 Å². The van der Waals surface area contributed by atoms with Crippen molar-refractivity contribution in [2.24, 2.45) is 5.10 Å². The molecule has 0 spiro atoms. The maximum Gasteiger partial charge on any atom is 0.331 e. The van der Waals surface area contributed by atoms with E-state index in [1.54, 1.807) is 0 Å². The fourth-order valence-electron chi connectivity index (χ4n) is 2.37. The summed E-state index contributed by atoms with van der Waals surface area (Å²) in [5.41, 5.74) is 1.09. The molecule has 0 aliphatic carbocycles. The molecule has 0 bridgehead atoms. The number of carbonyl (C=O) groups is 1. The number of esters is 1. The molecule has 0 aromatic heterocycles. The molecule has 0 amide bonds. The first kappa shape index (κ1) is 16.5. The van der Waals surface area contributed by atoms with Gasteiger partial charge in [0, 0.05) is 6.21 Å². The Balaban J connectivity index is 2.00. The maximum absolute atomic E-state index is 12.4. The summed E-state index contributed by atoms with van der Waals surface area (Å²) in [6, 6.07) is 8.84. The zero-order chi connectivity index (χ0) is 16.0. The molecule has 1 aliphatic heterocycles. The maximum atomic E-state index is 12.4. The van der Waals surface area contributed by atoms with E-state index in [4.69, 9.17) is 0 Å². The normalized spacial score (nSPS) is 18.2. The largest absolute Gasteiger partial charge is 0.467 e. The quantitative estimate of drug-likeness (QED) is 0.744. The van der Waals surface area contributed by atoms with Crippen molar-refractivity contribution < 1.29 is 17.9 Å². The van der Waals surface area contributed by atoms with E-state index in [1.807, 2.05) is 30.3 Å². The van der Waals surface area contributed by atoms with Crippen LogP contribution in [0.1, 0.15) is 24.8 Å². The van der Waals surface area contributed by atoms with Gasteiger partial charge in [0.2, 0.25) is 0 Å². The van der Waals surface area contributed by atoms with E-state index in [0.29, 0.717) is 25.7 Å². The Labute approximate surface area is 130 Å². The van der Waals surface area contributed by atoms with Crippen LogP contribution in [0.25, 0.3) is 0 Å². The first-order valence-corrected chi connectivity index (χ1v) is 8.82. The Morgan fingerprint density at radius 3 is 2.77 bits per heavy atom. The zero-order valence-electron chi connectivity index (χ0n) is 12.5. The zero-order valence-corrected chi connectivity index (χ0v) is 13.3. The van der Waals surface area contributed by atoms with E-state index >= 15 is 0 Å². The molecule has 22 heavy (non-hydrogen) atoms. The molecule has 0 fully saturated rings. The summed E-state index contributed by atoms with van der Waals surface area (Å²) in [6.07, 6.45) is 3.63. The predicted molar refractivity (Wildman–Crippen MR) is 83.9 cm³/mol. The van der Waals surface area contributed by atoms with Crippen LogP contribution in [-0.2, 0) is 26.0 Å². The molecule has 1 heterocycles. The standard InChI is InChI=1S/C15H20N2O4S/c1-21-15(18)14-10-5-11-16-17(14)22(19,20)12-6-9-13-7-3-2-4-8-13/h2-4,7-8,11,14H,5-6,9-10,12H2,1H3. The van der Waals surface area contributed by atoms with Crippen molar-refractivity contribution >= 4 is 22.2 Å². The summed E-state index contributed by atoms with van der Waals surface area (Å²) in [5.74, 6) is -0.615. The molecule has 0 saturated carbocycles. The fraction of sp³-hybridized carbons (Fsp3) is 0.467. The van der Waals surface area contributed by atoms with Crippen LogP contribution in [0.2, 0.25) is 0 Å². The lowest BCUT2D eigenvalue weighted by molar-refractivity contribution is -0.145. The lowest BCUT2D eigenvalue weighted by atomic mass is 10.1. The number of nitrogens with zero attached hydrogens (tertiary/aromatic N) is 2. The molecular formula is C15H20N2O4S. The molecule has 1 aromatic rings. The Hall–Kier alpha value is -1.89. The lowest BCUT2D eigenvalue weighted by Gasteiger charge is -2.28. The Bertz CT molecular complexity index is 628. The van der Waals surface area contributed by atoms with Gasteiger partial charge in [-0.25, -0.2) is 13.2 Å². The highest BCUT2D eigenvalue weighted by molar-refractivity contribution is 7.89. The molecule has 7 heteroatoms. The van der Waals surface area contributed by atoms with Crippen molar-refractivity contribution in [3.05, 3.63) is 35.9 Å². The van der Waals surface area contributed by atoms with Gasteiger partial charge in [0.1, 0.15) is 0 Å². The van der Waals surface area contributed by atoms with Crippen LogP contribution >= 0.6 is 0 Å². The minimum Gasteiger partial charge on any atom is -0.467 e. The average molecular weight is 324 g/mol. The van der Waals surface area contributed by atoms with E-state index in [1.165, 1.54) is 13.3 Å². The second kappa shape index (κ2) is 7.40. The molecule has 0 saturated heterocycles. The van der Waals surface area contributed by atoms with Crippen LogP contribution in [0.5, 0.6) is 0 Å². The van der Waals surface area contributed by atoms with Gasteiger partial charge in [-0.3, -0.25) is 0 Å². The first-order valence-electron chi connectivity index (χ1n) is 7.21. The SMILES string of the molecule is COC(=O)C1CCC=NN1S(=O)(=O)CCCc1ccccc1. The Morgan fingerprint density at radius 1 is 1.36 bits per heavy atom. The number of benzene rings is 1. The molecule has 6 nitrogen and oxygen atoms in total. The first-order chi connectivity index (χ1) is 10.5. The Morgan fingerprint density at radius 2 is 2.09 bits per heavy atom. The smallest absolute Gasteiger partial charge is 0.331 e. The van der Waals surface area contributed by atoms with Crippen molar-refractivity contribution in [3.8, 4) is 0 Å². The molecule has 1 atom stereocenters. The molecule has 1 aromatic carbocycles. The second-order valence-electron chi connectivity index (χ2n) is 5.09. The number of ether oxygens (including phenoxy) is 1. The van der Waals surface area contributed by atoms with E-state index in [9.17, 15) is 13.2 Å². The van der Waals surface area contributed by atoms with Crippen LogP contribution < -0.4 is 0 Å². The van der Waals surface area contributed by atoms with E-state index in [0.717, 1.165) is 9.98 Å². The highest BCUT2D eigenvalue weighted by atomic mass is 32.2. The molecule has 1 aliphatic rings. The molecule has 0 radical (unpaired) electrons. The van der Waals surface area contributed by atoms with Gasteiger partial charge in [0.25, 0.3) is 10.0 Å². The number of hydrogen-bond donors (Lipinski definition) is 0. The van der Waals surface area contributed by atoms with Crippen molar-refractivity contribution in [1.29, 1.82) is 0 Å². The van der Waals surface area contributed by atoms with Gasteiger partial charge in [-0.1, -0.05) is 30.3 Å². The number of rotatable bonds is 6. The number of aryl methyl sites for hydroxylation is 1. The van der Waals surface area contributed by atoms with Crippen molar-refractivity contribution in [1.82, 2.24) is 4.41 Å². The Kier molecular flexibility index (Phi) is 5.54. The summed E-state index contributed by atoms with van der Waals surface area (Å²) < 4.78 is 30.4. The van der Waals surface area contributed by atoms with E-state index in [2.05, 4.69) is 9.84 Å². The van der Waals surface area contributed by atoms with Gasteiger partial charge < -0.3 is 4.74 Å². The van der Waals surface area contributed by atoms with Gasteiger partial charge in [0.05, 0.1) is 12.9 Å². The molecular weight excluding hydrogens is 304 g/mol. The third-order valence-electron chi connectivity index (χ3n) is 3.50. The van der Waals surface area contributed by atoms with Crippen molar-refractivity contribution in [3.63, 3.8) is 0 Å². The summed E-state index contributed by atoms with van der Waals surface area (Å²) in [7, 11) is -2.37. The minimum absolute atomic E-state index is 0.0489. The predicted octanol–water partition coefficient (Wildman–Crippen LogP) is 1.57. The van der Waals surface area contributed by atoms with Crippen LogP contribution in [0.3, 0.4) is 0 Å². The number of methoxy groups -OCH3 is 1. The number of carbonyl (C=O) groups excluding carboxylic acids is 1. The second-order valence-corrected chi connectivity index (χ2v) is 7.04. The highest BCUT2D eigenvalue weighted by Crippen LogP contribution is 2.19. The monoisotopic (exact) mass is 324 g/mol.